The van der Waals surface area contributed by atoms with Gasteiger partial charge in [0.1, 0.15) is 6.07 Å². The Balaban J connectivity index is 1.63. The minimum atomic E-state index is -0.240. The standard InChI is InChI=1S/C20H17N5O/c1-14-5-4-6-15(9-14)11-22-19(26)17-12-23-20(24-13-17)25-18-8-3-2-7-16(18)10-21/h2-9,12-13H,11H2,1H3,(H,22,26)(H,23,24,25). The summed E-state index contributed by atoms with van der Waals surface area (Å²) in [6.45, 7) is 2.45. The van der Waals surface area contributed by atoms with Crippen molar-refractivity contribution in [2.75, 3.05) is 5.32 Å². The van der Waals surface area contributed by atoms with Crippen molar-refractivity contribution in [1.82, 2.24) is 15.3 Å². The molecule has 2 N–H and O–H groups in total. The Bertz CT molecular complexity index is 960. The number of amides is 1. The van der Waals surface area contributed by atoms with Crippen LogP contribution in [0, 0.1) is 18.3 Å². The summed E-state index contributed by atoms with van der Waals surface area (Å²) >= 11 is 0. The lowest BCUT2D eigenvalue weighted by Crippen LogP contribution is -2.23. The molecule has 0 aliphatic carbocycles. The van der Waals surface area contributed by atoms with Gasteiger partial charge >= 0.3 is 0 Å². The molecule has 3 rings (SSSR count). The summed E-state index contributed by atoms with van der Waals surface area (Å²) in [6.07, 6.45) is 2.91. The molecule has 0 radical (unpaired) electrons. The molecule has 0 aliphatic rings. The second-order valence-electron chi connectivity index (χ2n) is 5.75. The zero-order chi connectivity index (χ0) is 18.4. The number of para-hydroxylation sites is 1. The van der Waals surface area contributed by atoms with E-state index in [9.17, 15) is 4.79 Å². The van der Waals surface area contributed by atoms with Gasteiger partial charge in [-0.05, 0) is 24.6 Å². The van der Waals surface area contributed by atoms with E-state index in [0.29, 0.717) is 29.3 Å². The fraction of sp³-hybridized carbons (Fsp3) is 0.100. The highest BCUT2D eigenvalue weighted by Crippen LogP contribution is 2.17. The Kier molecular flexibility index (Phi) is 5.20. The van der Waals surface area contributed by atoms with Crippen molar-refractivity contribution in [2.24, 2.45) is 0 Å². The SMILES string of the molecule is Cc1cccc(CNC(=O)c2cnc(Nc3ccccc3C#N)nc2)c1. The summed E-state index contributed by atoms with van der Waals surface area (Å²) in [7, 11) is 0. The largest absolute Gasteiger partial charge is 0.348 e. The molecule has 6 nitrogen and oxygen atoms in total. The highest BCUT2D eigenvalue weighted by molar-refractivity contribution is 5.93. The number of rotatable bonds is 5. The average Bonchev–Trinajstić information content (AvgIpc) is 2.67. The van der Waals surface area contributed by atoms with E-state index in [1.807, 2.05) is 37.3 Å². The first-order chi connectivity index (χ1) is 12.7. The van der Waals surface area contributed by atoms with Crippen LogP contribution in [0.15, 0.2) is 60.9 Å². The van der Waals surface area contributed by atoms with Crippen molar-refractivity contribution >= 4 is 17.5 Å². The molecule has 0 bridgehead atoms. The number of hydrogen-bond acceptors (Lipinski definition) is 5. The second-order valence-corrected chi connectivity index (χ2v) is 5.75. The number of hydrogen-bond donors (Lipinski definition) is 2. The van der Waals surface area contributed by atoms with Crippen LogP contribution in [-0.2, 0) is 6.54 Å². The maximum absolute atomic E-state index is 12.2. The molecule has 0 saturated carbocycles. The topological polar surface area (TPSA) is 90.7 Å². The molecule has 0 atom stereocenters. The summed E-state index contributed by atoms with van der Waals surface area (Å²) in [5, 5.41) is 14.9. The molecule has 3 aromatic rings. The van der Waals surface area contributed by atoms with Gasteiger partial charge in [0.25, 0.3) is 5.91 Å². The molecule has 1 amide bonds. The fourth-order valence-corrected chi connectivity index (χ4v) is 2.43. The third kappa shape index (κ3) is 4.22. The molecule has 6 heteroatoms. The van der Waals surface area contributed by atoms with Gasteiger partial charge in [0.05, 0.1) is 16.8 Å². The Morgan fingerprint density at radius 1 is 1.12 bits per heavy atom. The smallest absolute Gasteiger partial charge is 0.254 e. The first-order valence-electron chi connectivity index (χ1n) is 8.07. The van der Waals surface area contributed by atoms with Crippen LogP contribution in [0.4, 0.5) is 11.6 Å². The third-order valence-electron chi connectivity index (χ3n) is 3.74. The summed E-state index contributed by atoms with van der Waals surface area (Å²) < 4.78 is 0. The molecule has 26 heavy (non-hydrogen) atoms. The maximum Gasteiger partial charge on any atom is 0.254 e. The van der Waals surface area contributed by atoms with Gasteiger partial charge < -0.3 is 10.6 Å². The lowest BCUT2D eigenvalue weighted by atomic mass is 10.1. The monoisotopic (exact) mass is 343 g/mol. The van der Waals surface area contributed by atoms with Crippen LogP contribution in [0.25, 0.3) is 0 Å². The lowest BCUT2D eigenvalue weighted by molar-refractivity contribution is 0.0950. The van der Waals surface area contributed by atoms with Gasteiger partial charge in [0.15, 0.2) is 0 Å². The van der Waals surface area contributed by atoms with Crippen LogP contribution in [0.3, 0.4) is 0 Å². The Labute approximate surface area is 151 Å². The fourth-order valence-electron chi connectivity index (χ4n) is 2.43. The highest BCUT2D eigenvalue weighted by atomic mass is 16.1. The number of anilines is 2. The van der Waals surface area contributed by atoms with Gasteiger partial charge in [-0.25, -0.2) is 9.97 Å². The minimum Gasteiger partial charge on any atom is -0.348 e. The molecule has 128 valence electrons. The summed E-state index contributed by atoms with van der Waals surface area (Å²) in [5.41, 5.74) is 3.67. The van der Waals surface area contributed by atoms with E-state index in [1.165, 1.54) is 12.4 Å². The Hall–Kier alpha value is -3.72. The first kappa shape index (κ1) is 17.1. The van der Waals surface area contributed by atoms with E-state index in [0.717, 1.165) is 11.1 Å². The summed E-state index contributed by atoms with van der Waals surface area (Å²) in [4.78, 5) is 20.5. The number of aryl methyl sites for hydroxylation is 1. The van der Waals surface area contributed by atoms with Gasteiger partial charge in [-0.1, -0.05) is 42.0 Å². The zero-order valence-corrected chi connectivity index (χ0v) is 14.2. The van der Waals surface area contributed by atoms with Crippen LogP contribution >= 0.6 is 0 Å². The molecule has 0 aliphatic heterocycles. The molecule has 1 heterocycles. The second kappa shape index (κ2) is 7.90. The average molecular weight is 343 g/mol. The van der Waals surface area contributed by atoms with Crippen molar-refractivity contribution in [1.29, 1.82) is 5.26 Å². The molecule has 0 spiro atoms. The molecule has 1 aromatic heterocycles. The predicted molar refractivity (Wildman–Crippen MR) is 98.8 cm³/mol. The Morgan fingerprint density at radius 3 is 2.62 bits per heavy atom. The van der Waals surface area contributed by atoms with E-state index >= 15 is 0 Å². The Morgan fingerprint density at radius 2 is 1.88 bits per heavy atom. The molecule has 0 unspecified atom stereocenters. The first-order valence-corrected chi connectivity index (χ1v) is 8.07. The molecular weight excluding hydrogens is 326 g/mol. The van der Waals surface area contributed by atoms with Gasteiger partial charge in [-0.15, -0.1) is 0 Å². The summed E-state index contributed by atoms with van der Waals surface area (Å²) in [6, 6.07) is 17.1. The maximum atomic E-state index is 12.2. The van der Waals surface area contributed by atoms with Crippen molar-refractivity contribution in [3.63, 3.8) is 0 Å². The van der Waals surface area contributed by atoms with E-state index in [2.05, 4.69) is 26.7 Å². The van der Waals surface area contributed by atoms with Crippen molar-refractivity contribution in [3.8, 4) is 6.07 Å². The van der Waals surface area contributed by atoms with Crippen molar-refractivity contribution in [2.45, 2.75) is 13.5 Å². The number of carbonyl (C=O) groups is 1. The van der Waals surface area contributed by atoms with Gasteiger partial charge in [-0.2, -0.15) is 5.26 Å². The van der Waals surface area contributed by atoms with E-state index in [4.69, 9.17) is 5.26 Å². The minimum absolute atomic E-state index is 0.240. The van der Waals surface area contributed by atoms with Crippen LogP contribution < -0.4 is 10.6 Å². The molecular formula is C20H17N5O. The molecule has 0 saturated heterocycles. The molecule has 0 fully saturated rings. The number of benzene rings is 2. The quantitative estimate of drug-likeness (QED) is 0.741. The molecule has 2 aromatic carbocycles. The van der Waals surface area contributed by atoms with Gasteiger partial charge in [0, 0.05) is 18.9 Å². The van der Waals surface area contributed by atoms with Crippen LogP contribution in [0.2, 0.25) is 0 Å². The number of carbonyl (C=O) groups excluding carboxylic acids is 1. The number of aromatic nitrogens is 2. The lowest BCUT2D eigenvalue weighted by Gasteiger charge is -2.08. The van der Waals surface area contributed by atoms with Gasteiger partial charge in [0.2, 0.25) is 5.95 Å². The van der Waals surface area contributed by atoms with Crippen molar-refractivity contribution in [3.05, 3.63) is 83.2 Å². The predicted octanol–water partition coefficient (Wildman–Crippen LogP) is 3.33. The summed E-state index contributed by atoms with van der Waals surface area (Å²) in [5.74, 6) is 0.0819. The number of nitrogens with zero attached hydrogens (tertiary/aromatic N) is 3. The van der Waals surface area contributed by atoms with Crippen LogP contribution in [0.1, 0.15) is 27.0 Å². The van der Waals surface area contributed by atoms with E-state index in [-0.39, 0.29) is 5.91 Å². The highest BCUT2D eigenvalue weighted by Gasteiger charge is 2.08. The third-order valence-corrected chi connectivity index (χ3v) is 3.74. The van der Waals surface area contributed by atoms with E-state index < -0.39 is 0 Å². The number of nitriles is 1. The van der Waals surface area contributed by atoms with Crippen LogP contribution in [-0.4, -0.2) is 15.9 Å². The normalized spacial score (nSPS) is 10.0. The number of nitrogens with one attached hydrogen (secondary N) is 2. The van der Waals surface area contributed by atoms with E-state index in [1.54, 1.807) is 18.2 Å². The van der Waals surface area contributed by atoms with Gasteiger partial charge in [-0.3, -0.25) is 4.79 Å². The zero-order valence-electron chi connectivity index (χ0n) is 14.2. The van der Waals surface area contributed by atoms with Crippen molar-refractivity contribution < 1.29 is 4.79 Å². The van der Waals surface area contributed by atoms with Crippen LogP contribution in [0.5, 0.6) is 0 Å².